The molecule has 1 rings (SSSR count). The zero-order valence-corrected chi connectivity index (χ0v) is 8.17. The molecule has 4 nitrogen and oxygen atoms in total. The molecular formula is C8H11NO3S. The van der Waals surface area contributed by atoms with Crippen molar-refractivity contribution in [2.45, 2.75) is 6.42 Å². The maximum Gasteiger partial charge on any atom is 0.253 e. The molecule has 72 valence electrons. The molecule has 13 heavy (non-hydrogen) atoms. The highest BCUT2D eigenvalue weighted by atomic mass is 32.2. The summed E-state index contributed by atoms with van der Waals surface area (Å²) < 4.78 is 10.7. The summed E-state index contributed by atoms with van der Waals surface area (Å²) in [5.41, 5.74) is 0. The molecule has 1 aliphatic heterocycles. The van der Waals surface area contributed by atoms with E-state index in [-0.39, 0.29) is 11.8 Å². The normalized spacial score (nSPS) is 18.4. The zero-order valence-electron chi connectivity index (χ0n) is 7.36. The topological polar surface area (TPSA) is 54.5 Å². The Hall–Kier alpha value is -0.970. The molecule has 1 atom stereocenters. The fourth-order valence-corrected chi connectivity index (χ4v) is 1.61. The lowest BCUT2D eigenvalue weighted by molar-refractivity contribution is -0.136. The highest BCUT2D eigenvalue weighted by Gasteiger charge is 2.22. The van der Waals surface area contributed by atoms with Crippen LogP contribution in [0.3, 0.4) is 0 Å². The van der Waals surface area contributed by atoms with Gasteiger partial charge in [0.1, 0.15) is 0 Å². The first kappa shape index (κ1) is 10.1. The Bertz CT molecular complexity index is 267. The number of carbonyl (C=O) groups excluding carboxylic acids is 2. The molecule has 0 fully saturated rings. The minimum Gasteiger partial charge on any atom is -0.275 e. The number of imide groups is 1. The van der Waals surface area contributed by atoms with E-state index in [1.807, 2.05) is 0 Å². The van der Waals surface area contributed by atoms with Crippen LogP contribution < -0.4 is 0 Å². The number of rotatable bonds is 4. The van der Waals surface area contributed by atoms with Crippen LogP contribution in [0.25, 0.3) is 0 Å². The predicted octanol–water partition coefficient (Wildman–Crippen LogP) is -0.320. The van der Waals surface area contributed by atoms with Gasteiger partial charge in [0.25, 0.3) is 11.8 Å². The second-order valence-electron chi connectivity index (χ2n) is 2.79. The predicted molar refractivity (Wildman–Crippen MR) is 49.4 cm³/mol. The summed E-state index contributed by atoms with van der Waals surface area (Å²) >= 11 is 0. The third kappa shape index (κ3) is 2.77. The standard InChI is InChI=1S/C8H11NO3S/c1-13(12)6-2-5-9-7(10)3-4-8(9)11/h3-4H,2,5-6H2,1H3. The van der Waals surface area contributed by atoms with E-state index in [1.54, 1.807) is 6.26 Å². The van der Waals surface area contributed by atoms with Crippen molar-refractivity contribution >= 4 is 22.6 Å². The van der Waals surface area contributed by atoms with Crippen LogP contribution in [0, 0.1) is 0 Å². The molecule has 1 aliphatic rings. The van der Waals surface area contributed by atoms with Crippen LogP contribution in [-0.2, 0) is 20.4 Å². The van der Waals surface area contributed by atoms with Crippen molar-refractivity contribution in [2.24, 2.45) is 0 Å². The number of hydrogen-bond acceptors (Lipinski definition) is 3. The molecular weight excluding hydrogens is 190 g/mol. The van der Waals surface area contributed by atoms with E-state index in [2.05, 4.69) is 0 Å². The SMILES string of the molecule is CS(=O)CCCN1C(=O)C=CC1=O. The van der Waals surface area contributed by atoms with E-state index in [0.29, 0.717) is 18.7 Å². The maximum absolute atomic E-state index is 11.0. The van der Waals surface area contributed by atoms with Gasteiger partial charge in [-0.25, -0.2) is 0 Å². The van der Waals surface area contributed by atoms with Gasteiger partial charge in [-0.1, -0.05) is 0 Å². The monoisotopic (exact) mass is 201 g/mol. The van der Waals surface area contributed by atoms with E-state index in [9.17, 15) is 13.8 Å². The first-order valence-electron chi connectivity index (χ1n) is 3.95. The quantitative estimate of drug-likeness (QED) is 0.586. The Morgan fingerprint density at radius 3 is 2.31 bits per heavy atom. The average molecular weight is 201 g/mol. The van der Waals surface area contributed by atoms with Gasteiger partial charge in [0.05, 0.1) is 0 Å². The largest absolute Gasteiger partial charge is 0.275 e. The van der Waals surface area contributed by atoms with Crippen LogP contribution in [0.15, 0.2) is 12.2 Å². The van der Waals surface area contributed by atoms with Gasteiger partial charge in [-0.05, 0) is 6.42 Å². The molecule has 0 aromatic heterocycles. The van der Waals surface area contributed by atoms with E-state index in [4.69, 9.17) is 0 Å². The summed E-state index contributed by atoms with van der Waals surface area (Å²) in [6.45, 7) is 0.365. The summed E-state index contributed by atoms with van der Waals surface area (Å²) in [6, 6.07) is 0. The Kier molecular flexibility index (Phi) is 3.36. The first-order chi connectivity index (χ1) is 6.11. The summed E-state index contributed by atoms with van der Waals surface area (Å²) in [6.07, 6.45) is 4.71. The van der Waals surface area contributed by atoms with Gasteiger partial charge < -0.3 is 0 Å². The smallest absolute Gasteiger partial charge is 0.253 e. The van der Waals surface area contributed by atoms with Crippen LogP contribution in [0.4, 0.5) is 0 Å². The highest BCUT2D eigenvalue weighted by molar-refractivity contribution is 7.84. The summed E-state index contributed by atoms with van der Waals surface area (Å²) in [5, 5.41) is 0. The molecule has 1 heterocycles. The van der Waals surface area contributed by atoms with Crippen molar-refractivity contribution in [3.05, 3.63) is 12.2 Å². The molecule has 0 radical (unpaired) electrons. The van der Waals surface area contributed by atoms with Crippen molar-refractivity contribution in [1.29, 1.82) is 0 Å². The first-order valence-corrected chi connectivity index (χ1v) is 5.67. The molecule has 0 aliphatic carbocycles. The molecule has 5 heteroatoms. The lowest BCUT2D eigenvalue weighted by Gasteiger charge is -2.12. The van der Waals surface area contributed by atoms with E-state index >= 15 is 0 Å². The molecule has 0 saturated carbocycles. The molecule has 2 amide bonds. The van der Waals surface area contributed by atoms with Crippen LogP contribution in [0.5, 0.6) is 0 Å². The van der Waals surface area contributed by atoms with Crippen molar-refractivity contribution in [2.75, 3.05) is 18.6 Å². The second kappa shape index (κ2) is 4.32. The molecule has 0 bridgehead atoms. The van der Waals surface area contributed by atoms with Crippen LogP contribution in [0.2, 0.25) is 0 Å². The van der Waals surface area contributed by atoms with Crippen molar-refractivity contribution in [3.8, 4) is 0 Å². The highest BCUT2D eigenvalue weighted by Crippen LogP contribution is 2.04. The summed E-state index contributed by atoms with van der Waals surface area (Å²) in [7, 11) is -0.858. The Morgan fingerprint density at radius 2 is 1.85 bits per heavy atom. The maximum atomic E-state index is 11.0. The zero-order chi connectivity index (χ0) is 9.84. The van der Waals surface area contributed by atoms with Crippen LogP contribution in [-0.4, -0.2) is 39.5 Å². The minimum absolute atomic E-state index is 0.271. The van der Waals surface area contributed by atoms with Crippen molar-refractivity contribution in [3.63, 3.8) is 0 Å². The molecule has 0 aromatic rings. The molecule has 0 aromatic carbocycles. The summed E-state index contributed by atoms with van der Waals surface area (Å²) in [5.74, 6) is -0.0179. The Morgan fingerprint density at radius 1 is 1.31 bits per heavy atom. The third-order valence-electron chi connectivity index (χ3n) is 1.71. The average Bonchev–Trinajstić information content (AvgIpc) is 2.34. The van der Waals surface area contributed by atoms with E-state index < -0.39 is 10.8 Å². The van der Waals surface area contributed by atoms with Crippen molar-refractivity contribution < 1.29 is 13.8 Å². The van der Waals surface area contributed by atoms with Gasteiger partial charge in [-0.15, -0.1) is 0 Å². The fraction of sp³-hybridized carbons (Fsp3) is 0.500. The number of nitrogens with zero attached hydrogens (tertiary/aromatic N) is 1. The minimum atomic E-state index is -0.858. The fourth-order valence-electron chi connectivity index (χ4n) is 1.08. The summed E-state index contributed by atoms with van der Waals surface area (Å²) in [4.78, 5) is 23.2. The second-order valence-corrected chi connectivity index (χ2v) is 4.35. The molecule has 1 unspecified atom stereocenters. The van der Waals surface area contributed by atoms with E-state index in [1.165, 1.54) is 12.2 Å². The number of carbonyl (C=O) groups is 2. The van der Waals surface area contributed by atoms with E-state index in [0.717, 1.165) is 4.90 Å². The molecule has 0 N–H and O–H groups in total. The number of hydrogen-bond donors (Lipinski definition) is 0. The van der Waals surface area contributed by atoms with Gasteiger partial charge in [-0.3, -0.25) is 18.7 Å². The molecule has 0 saturated heterocycles. The number of amides is 2. The van der Waals surface area contributed by atoms with Gasteiger partial charge in [0.15, 0.2) is 0 Å². The van der Waals surface area contributed by atoms with Crippen LogP contribution in [0.1, 0.15) is 6.42 Å². The third-order valence-corrected chi connectivity index (χ3v) is 2.58. The van der Waals surface area contributed by atoms with Gasteiger partial charge in [-0.2, -0.15) is 0 Å². The molecule has 0 spiro atoms. The Balaban J connectivity index is 2.34. The van der Waals surface area contributed by atoms with Gasteiger partial charge in [0.2, 0.25) is 0 Å². The lowest BCUT2D eigenvalue weighted by Crippen LogP contribution is -2.31. The van der Waals surface area contributed by atoms with Crippen molar-refractivity contribution in [1.82, 2.24) is 4.90 Å². The lowest BCUT2D eigenvalue weighted by atomic mass is 10.4. The van der Waals surface area contributed by atoms with Gasteiger partial charge in [0, 0.05) is 41.5 Å². The Labute approximate surface area is 79.1 Å². The van der Waals surface area contributed by atoms with Crippen LogP contribution >= 0.6 is 0 Å². The van der Waals surface area contributed by atoms with Gasteiger partial charge >= 0.3 is 0 Å².